The van der Waals surface area contributed by atoms with Gasteiger partial charge in [-0.25, -0.2) is 13.6 Å². The molecule has 1 unspecified atom stereocenters. The lowest BCUT2D eigenvalue weighted by Gasteiger charge is -2.27. The molecule has 1 saturated heterocycles. The van der Waals surface area contributed by atoms with Gasteiger partial charge in [-0.05, 0) is 25.0 Å². The van der Waals surface area contributed by atoms with Gasteiger partial charge in [0.2, 0.25) is 15.9 Å². The second kappa shape index (κ2) is 5.29. The number of primary sulfonamides is 1. The minimum atomic E-state index is -3.88. The first-order valence-corrected chi connectivity index (χ1v) is 7.80. The van der Waals surface area contributed by atoms with Crippen molar-refractivity contribution in [2.45, 2.75) is 23.8 Å². The molecule has 1 aliphatic heterocycles. The van der Waals surface area contributed by atoms with E-state index in [1.807, 2.05) is 4.90 Å². The van der Waals surface area contributed by atoms with Crippen molar-refractivity contribution in [1.29, 1.82) is 0 Å². The van der Waals surface area contributed by atoms with Gasteiger partial charge in [-0.2, -0.15) is 0 Å². The SMILES string of the molecule is CNC(=O)C1CCCN1c1cccc(S(N)(=O)=O)c1N. The van der Waals surface area contributed by atoms with Crippen LogP contribution < -0.4 is 21.1 Å². The number of amides is 1. The predicted molar refractivity (Wildman–Crippen MR) is 76.7 cm³/mol. The molecule has 1 aliphatic rings. The number of sulfonamides is 1. The number of para-hydroxylation sites is 1. The molecule has 1 aromatic rings. The Balaban J connectivity index is 2.46. The molecule has 110 valence electrons. The largest absolute Gasteiger partial charge is 0.396 e. The van der Waals surface area contributed by atoms with Gasteiger partial charge in [-0.15, -0.1) is 0 Å². The Labute approximate surface area is 118 Å². The van der Waals surface area contributed by atoms with Crippen LogP contribution in [0.25, 0.3) is 0 Å². The fraction of sp³-hybridized carbons (Fsp3) is 0.417. The van der Waals surface area contributed by atoms with E-state index in [4.69, 9.17) is 10.9 Å². The number of hydrogen-bond donors (Lipinski definition) is 3. The zero-order valence-electron chi connectivity index (χ0n) is 11.2. The van der Waals surface area contributed by atoms with Crippen molar-refractivity contribution in [3.63, 3.8) is 0 Å². The first-order valence-electron chi connectivity index (χ1n) is 6.25. The molecule has 1 heterocycles. The van der Waals surface area contributed by atoms with Crippen LogP contribution >= 0.6 is 0 Å². The van der Waals surface area contributed by atoms with E-state index >= 15 is 0 Å². The Morgan fingerprint density at radius 3 is 2.75 bits per heavy atom. The van der Waals surface area contributed by atoms with Crippen molar-refractivity contribution in [2.75, 3.05) is 24.2 Å². The van der Waals surface area contributed by atoms with E-state index in [1.165, 1.54) is 6.07 Å². The molecule has 8 heteroatoms. The summed E-state index contributed by atoms with van der Waals surface area (Å²) in [7, 11) is -2.31. The van der Waals surface area contributed by atoms with Crippen LogP contribution in [0, 0.1) is 0 Å². The molecular weight excluding hydrogens is 280 g/mol. The lowest BCUT2D eigenvalue weighted by Crippen LogP contribution is -2.42. The van der Waals surface area contributed by atoms with Crippen molar-refractivity contribution in [1.82, 2.24) is 5.32 Å². The first-order chi connectivity index (χ1) is 9.36. The van der Waals surface area contributed by atoms with Gasteiger partial charge in [0.15, 0.2) is 0 Å². The zero-order valence-corrected chi connectivity index (χ0v) is 12.0. The molecule has 20 heavy (non-hydrogen) atoms. The van der Waals surface area contributed by atoms with Crippen LogP contribution in [0.2, 0.25) is 0 Å². The van der Waals surface area contributed by atoms with Gasteiger partial charge in [0, 0.05) is 13.6 Å². The van der Waals surface area contributed by atoms with Crippen LogP contribution in [-0.4, -0.2) is 34.0 Å². The number of likely N-dealkylation sites (N-methyl/N-ethyl adjacent to an activating group) is 1. The summed E-state index contributed by atoms with van der Waals surface area (Å²) in [5, 5.41) is 7.75. The van der Waals surface area contributed by atoms with Gasteiger partial charge in [0.25, 0.3) is 0 Å². The lowest BCUT2D eigenvalue weighted by molar-refractivity contribution is -0.121. The summed E-state index contributed by atoms with van der Waals surface area (Å²) in [6.45, 7) is 0.649. The Bertz CT molecular complexity index is 630. The molecule has 1 atom stereocenters. The highest BCUT2D eigenvalue weighted by Gasteiger charge is 2.32. The maximum Gasteiger partial charge on any atom is 0.242 e. The van der Waals surface area contributed by atoms with E-state index in [9.17, 15) is 13.2 Å². The Kier molecular flexibility index (Phi) is 3.87. The van der Waals surface area contributed by atoms with Crippen molar-refractivity contribution in [3.05, 3.63) is 18.2 Å². The summed E-state index contributed by atoms with van der Waals surface area (Å²) in [6, 6.07) is 4.30. The Morgan fingerprint density at radius 2 is 2.15 bits per heavy atom. The molecule has 5 N–H and O–H groups in total. The van der Waals surface area contributed by atoms with E-state index in [-0.39, 0.29) is 22.5 Å². The lowest BCUT2D eigenvalue weighted by atomic mass is 10.2. The van der Waals surface area contributed by atoms with E-state index in [0.29, 0.717) is 18.7 Å². The topological polar surface area (TPSA) is 119 Å². The number of nitrogens with one attached hydrogen (secondary N) is 1. The van der Waals surface area contributed by atoms with Crippen molar-refractivity contribution < 1.29 is 13.2 Å². The fourth-order valence-electron chi connectivity index (χ4n) is 2.53. The highest BCUT2D eigenvalue weighted by molar-refractivity contribution is 7.89. The van der Waals surface area contributed by atoms with Gasteiger partial charge in [-0.1, -0.05) is 6.07 Å². The van der Waals surface area contributed by atoms with Crippen LogP contribution in [0.3, 0.4) is 0 Å². The highest BCUT2D eigenvalue weighted by atomic mass is 32.2. The molecule has 1 fully saturated rings. The number of benzene rings is 1. The third-order valence-corrected chi connectivity index (χ3v) is 4.43. The molecule has 2 rings (SSSR count). The average Bonchev–Trinajstić information content (AvgIpc) is 2.85. The fourth-order valence-corrected chi connectivity index (χ4v) is 3.20. The minimum absolute atomic E-state index is 0.0887. The van der Waals surface area contributed by atoms with E-state index in [0.717, 1.165) is 6.42 Å². The van der Waals surface area contributed by atoms with Crippen LogP contribution in [0.4, 0.5) is 11.4 Å². The maximum absolute atomic E-state index is 11.9. The molecule has 1 amide bonds. The number of nitrogens with zero attached hydrogens (tertiary/aromatic N) is 1. The number of hydrogen-bond acceptors (Lipinski definition) is 5. The quantitative estimate of drug-likeness (QED) is 0.658. The Morgan fingerprint density at radius 1 is 1.45 bits per heavy atom. The highest BCUT2D eigenvalue weighted by Crippen LogP contribution is 2.33. The summed E-state index contributed by atoms with van der Waals surface area (Å²) in [6.07, 6.45) is 1.55. The van der Waals surface area contributed by atoms with E-state index < -0.39 is 10.0 Å². The molecule has 0 radical (unpaired) electrons. The Hall–Kier alpha value is -1.80. The van der Waals surface area contributed by atoms with Gasteiger partial charge in [0.1, 0.15) is 10.9 Å². The smallest absolute Gasteiger partial charge is 0.242 e. The number of nitrogens with two attached hydrogens (primary N) is 2. The average molecular weight is 298 g/mol. The van der Waals surface area contributed by atoms with E-state index in [1.54, 1.807) is 19.2 Å². The van der Waals surface area contributed by atoms with Gasteiger partial charge >= 0.3 is 0 Å². The number of anilines is 2. The molecule has 0 bridgehead atoms. The minimum Gasteiger partial charge on any atom is -0.396 e. The third kappa shape index (κ3) is 2.56. The number of carbonyl (C=O) groups excluding carboxylic acids is 1. The van der Waals surface area contributed by atoms with Crippen LogP contribution in [-0.2, 0) is 14.8 Å². The molecular formula is C12H18N4O3S. The van der Waals surface area contributed by atoms with Gasteiger partial charge in [0.05, 0.1) is 11.4 Å². The molecule has 0 spiro atoms. The van der Waals surface area contributed by atoms with Crippen LogP contribution in [0.5, 0.6) is 0 Å². The first kappa shape index (κ1) is 14.6. The standard InChI is InChI=1S/C12H18N4O3S/c1-15-12(17)9-5-3-7-16(9)8-4-2-6-10(11(8)13)20(14,18)19/h2,4,6,9H,3,5,7,13H2,1H3,(H,15,17)(H2,14,18,19). The summed E-state index contributed by atoms with van der Waals surface area (Å²) in [5.74, 6) is -0.108. The second-order valence-electron chi connectivity index (χ2n) is 4.70. The second-order valence-corrected chi connectivity index (χ2v) is 6.23. The van der Waals surface area contributed by atoms with Gasteiger partial charge < -0.3 is 16.0 Å². The number of rotatable bonds is 3. The summed E-state index contributed by atoms with van der Waals surface area (Å²) in [4.78, 5) is 13.6. The van der Waals surface area contributed by atoms with Gasteiger partial charge in [-0.3, -0.25) is 4.79 Å². The van der Waals surface area contributed by atoms with Crippen molar-refractivity contribution in [2.24, 2.45) is 5.14 Å². The zero-order chi connectivity index (χ0) is 14.9. The monoisotopic (exact) mass is 298 g/mol. The normalized spacial score (nSPS) is 19.1. The summed E-state index contributed by atoms with van der Waals surface area (Å²) >= 11 is 0. The molecule has 7 nitrogen and oxygen atoms in total. The van der Waals surface area contributed by atoms with E-state index in [2.05, 4.69) is 5.32 Å². The number of nitrogen functional groups attached to an aromatic ring is 1. The third-order valence-electron chi connectivity index (χ3n) is 3.46. The summed E-state index contributed by atoms with van der Waals surface area (Å²) < 4.78 is 23.0. The summed E-state index contributed by atoms with van der Waals surface area (Å²) in [5.41, 5.74) is 6.54. The van der Waals surface area contributed by atoms with Crippen LogP contribution in [0.1, 0.15) is 12.8 Å². The molecule has 0 aromatic heterocycles. The molecule has 0 aliphatic carbocycles. The molecule has 0 saturated carbocycles. The van der Waals surface area contributed by atoms with Crippen molar-refractivity contribution >= 4 is 27.3 Å². The molecule has 1 aromatic carbocycles. The van der Waals surface area contributed by atoms with Crippen LogP contribution in [0.15, 0.2) is 23.1 Å². The maximum atomic E-state index is 11.9. The number of carbonyl (C=O) groups is 1. The predicted octanol–water partition coefficient (Wildman–Crippen LogP) is -0.369. The van der Waals surface area contributed by atoms with Crippen molar-refractivity contribution in [3.8, 4) is 0 Å².